The molecule has 0 aliphatic carbocycles. The number of thioether (sulfide) groups is 1. The van der Waals surface area contributed by atoms with Crippen LogP contribution in [0.2, 0.25) is 0 Å². The van der Waals surface area contributed by atoms with Gasteiger partial charge in [-0.05, 0) is 30.7 Å². The second-order valence-electron chi connectivity index (χ2n) is 6.85. The van der Waals surface area contributed by atoms with Crippen LogP contribution in [0, 0.1) is 0 Å². The fourth-order valence-electron chi connectivity index (χ4n) is 3.33. The molecule has 1 aliphatic rings. The summed E-state index contributed by atoms with van der Waals surface area (Å²) in [5.41, 5.74) is 1.93. The number of ether oxygens (including phenoxy) is 2. The summed E-state index contributed by atoms with van der Waals surface area (Å²) in [6, 6.07) is 12.4. The molecule has 0 unspecified atom stereocenters. The Bertz CT molecular complexity index is 1110. The first-order valence-electron chi connectivity index (χ1n) is 9.71. The van der Waals surface area contributed by atoms with Gasteiger partial charge in [0.15, 0.2) is 5.78 Å². The van der Waals surface area contributed by atoms with Gasteiger partial charge in [0.2, 0.25) is 5.91 Å². The lowest BCUT2D eigenvalue weighted by atomic mass is 10.1. The van der Waals surface area contributed by atoms with Gasteiger partial charge in [-0.1, -0.05) is 23.9 Å². The lowest BCUT2D eigenvalue weighted by Crippen LogP contribution is -2.23. The number of Topliss-reactive ketones (excluding diaryl/α,β-unsaturated/α-hetero) is 1. The Labute approximate surface area is 183 Å². The molecule has 0 atom stereocenters. The summed E-state index contributed by atoms with van der Waals surface area (Å²) >= 11 is 1.16. The zero-order chi connectivity index (χ0) is 21.8. The van der Waals surface area contributed by atoms with Crippen LogP contribution in [0.4, 0.5) is 5.69 Å². The summed E-state index contributed by atoms with van der Waals surface area (Å²) in [5, 5.41) is 8.37. The fourth-order valence-corrected chi connectivity index (χ4v) is 3.99. The molecule has 0 saturated carbocycles. The zero-order valence-electron chi connectivity index (χ0n) is 17.2. The van der Waals surface area contributed by atoms with Crippen molar-refractivity contribution in [3.05, 3.63) is 48.0 Å². The molecule has 31 heavy (non-hydrogen) atoms. The van der Waals surface area contributed by atoms with Gasteiger partial charge in [0, 0.05) is 30.3 Å². The van der Waals surface area contributed by atoms with Crippen molar-refractivity contribution in [1.82, 2.24) is 10.2 Å². The fraction of sp³-hybridized carbons (Fsp3) is 0.273. The summed E-state index contributed by atoms with van der Waals surface area (Å²) in [6.07, 6.45) is 1.39. The Morgan fingerprint density at radius 2 is 2.03 bits per heavy atom. The molecule has 1 aromatic heterocycles. The van der Waals surface area contributed by atoms with Crippen LogP contribution in [0.15, 0.2) is 52.1 Å². The Morgan fingerprint density at radius 3 is 2.77 bits per heavy atom. The zero-order valence-corrected chi connectivity index (χ0v) is 18.0. The van der Waals surface area contributed by atoms with Crippen LogP contribution in [0.5, 0.6) is 11.5 Å². The number of hydrogen-bond acceptors (Lipinski definition) is 8. The third-order valence-corrected chi connectivity index (χ3v) is 5.74. The maximum absolute atomic E-state index is 12.7. The minimum Gasteiger partial charge on any atom is -0.497 e. The highest BCUT2D eigenvalue weighted by atomic mass is 32.2. The number of benzene rings is 2. The highest BCUT2D eigenvalue weighted by molar-refractivity contribution is 7.99. The van der Waals surface area contributed by atoms with E-state index in [2.05, 4.69) is 10.2 Å². The predicted molar refractivity (Wildman–Crippen MR) is 116 cm³/mol. The first-order chi connectivity index (χ1) is 15.1. The molecule has 0 N–H and O–H groups in total. The van der Waals surface area contributed by atoms with Crippen molar-refractivity contribution in [2.75, 3.05) is 31.4 Å². The normalized spacial score (nSPS) is 13.5. The molecule has 1 amide bonds. The number of carbonyl (C=O) groups is 2. The Morgan fingerprint density at radius 1 is 1.16 bits per heavy atom. The summed E-state index contributed by atoms with van der Waals surface area (Å²) in [6.45, 7) is 0.685. The van der Waals surface area contributed by atoms with E-state index in [9.17, 15) is 9.59 Å². The standard InChI is InChI=1S/C22H21N3O5S/c1-28-16-8-9-17(19(12-16)29-2)21-23-24-22(30-21)31-13-18(26)14-5-3-6-15(11-14)25-10-4-7-20(25)27/h3,5-6,8-9,11-12H,4,7,10,13H2,1-2H3. The minimum absolute atomic E-state index is 0.0831. The molecule has 4 rings (SSSR count). The molecule has 160 valence electrons. The number of hydrogen-bond donors (Lipinski definition) is 0. The number of amides is 1. The summed E-state index contributed by atoms with van der Waals surface area (Å²) < 4.78 is 16.3. The van der Waals surface area contributed by atoms with Crippen LogP contribution in [0.25, 0.3) is 11.5 Å². The molecule has 2 heterocycles. The SMILES string of the molecule is COc1ccc(-c2nnc(SCC(=O)c3cccc(N4CCCC4=O)c3)o2)c(OC)c1. The first kappa shape index (κ1) is 20.9. The molecule has 2 aromatic carbocycles. The second kappa shape index (κ2) is 9.22. The van der Waals surface area contributed by atoms with Crippen LogP contribution in [0.1, 0.15) is 23.2 Å². The van der Waals surface area contributed by atoms with Crippen molar-refractivity contribution in [2.24, 2.45) is 0 Å². The van der Waals surface area contributed by atoms with E-state index in [1.807, 2.05) is 6.07 Å². The average molecular weight is 439 g/mol. The Balaban J connectivity index is 1.43. The minimum atomic E-state index is -0.0831. The van der Waals surface area contributed by atoms with Gasteiger partial charge in [-0.15, -0.1) is 10.2 Å². The lowest BCUT2D eigenvalue weighted by Gasteiger charge is -2.16. The van der Waals surface area contributed by atoms with Crippen molar-refractivity contribution in [2.45, 2.75) is 18.1 Å². The number of nitrogens with zero attached hydrogens (tertiary/aromatic N) is 3. The number of methoxy groups -OCH3 is 2. The Kier molecular flexibility index (Phi) is 6.22. The van der Waals surface area contributed by atoms with E-state index in [-0.39, 0.29) is 22.7 Å². The van der Waals surface area contributed by atoms with E-state index in [4.69, 9.17) is 13.9 Å². The smallest absolute Gasteiger partial charge is 0.277 e. The molecule has 0 bridgehead atoms. The number of rotatable bonds is 8. The van der Waals surface area contributed by atoms with Gasteiger partial charge >= 0.3 is 0 Å². The molecule has 1 aliphatic heterocycles. The van der Waals surface area contributed by atoms with Gasteiger partial charge in [-0.3, -0.25) is 9.59 Å². The number of aromatic nitrogens is 2. The van der Waals surface area contributed by atoms with Crippen molar-refractivity contribution in [3.8, 4) is 23.0 Å². The van der Waals surface area contributed by atoms with Crippen LogP contribution < -0.4 is 14.4 Å². The van der Waals surface area contributed by atoms with Crippen molar-refractivity contribution >= 4 is 29.1 Å². The van der Waals surface area contributed by atoms with E-state index in [0.717, 1.165) is 23.9 Å². The van der Waals surface area contributed by atoms with E-state index in [1.54, 1.807) is 55.5 Å². The van der Waals surface area contributed by atoms with Gasteiger partial charge in [0.25, 0.3) is 11.1 Å². The monoisotopic (exact) mass is 439 g/mol. The number of ketones is 1. The van der Waals surface area contributed by atoms with E-state index in [0.29, 0.717) is 41.5 Å². The maximum Gasteiger partial charge on any atom is 0.277 e. The maximum atomic E-state index is 12.7. The molecular formula is C22H21N3O5S. The molecule has 0 spiro atoms. The number of carbonyl (C=O) groups excluding carboxylic acids is 2. The molecular weight excluding hydrogens is 418 g/mol. The molecule has 1 saturated heterocycles. The topological polar surface area (TPSA) is 94.8 Å². The second-order valence-corrected chi connectivity index (χ2v) is 7.78. The molecule has 8 nitrogen and oxygen atoms in total. The van der Waals surface area contributed by atoms with E-state index >= 15 is 0 Å². The molecule has 1 fully saturated rings. The van der Waals surface area contributed by atoms with Gasteiger partial charge in [0.1, 0.15) is 11.5 Å². The van der Waals surface area contributed by atoms with Gasteiger partial charge in [-0.25, -0.2) is 0 Å². The van der Waals surface area contributed by atoms with Gasteiger partial charge < -0.3 is 18.8 Å². The average Bonchev–Trinajstić information content (AvgIpc) is 3.46. The van der Waals surface area contributed by atoms with Crippen LogP contribution in [0.3, 0.4) is 0 Å². The lowest BCUT2D eigenvalue weighted by molar-refractivity contribution is -0.117. The van der Waals surface area contributed by atoms with Crippen molar-refractivity contribution < 1.29 is 23.5 Å². The predicted octanol–water partition coefficient (Wildman–Crippen LogP) is 3.86. The summed E-state index contributed by atoms with van der Waals surface area (Å²) in [5.74, 6) is 1.64. The molecule has 9 heteroatoms. The number of anilines is 1. The molecule has 3 aromatic rings. The van der Waals surface area contributed by atoms with Gasteiger partial charge in [-0.2, -0.15) is 0 Å². The third kappa shape index (κ3) is 4.56. The van der Waals surface area contributed by atoms with Crippen molar-refractivity contribution in [1.29, 1.82) is 0 Å². The third-order valence-electron chi connectivity index (χ3n) is 4.93. The molecule has 0 radical (unpaired) electrons. The largest absolute Gasteiger partial charge is 0.497 e. The quantitative estimate of drug-likeness (QED) is 0.386. The van der Waals surface area contributed by atoms with Crippen LogP contribution in [-0.2, 0) is 4.79 Å². The highest BCUT2D eigenvalue weighted by Gasteiger charge is 2.22. The van der Waals surface area contributed by atoms with Crippen LogP contribution in [-0.4, -0.2) is 48.4 Å². The Hall–Kier alpha value is -3.33. The summed E-state index contributed by atoms with van der Waals surface area (Å²) in [4.78, 5) is 26.3. The highest BCUT2D eigenvalue weighted by Crippen LogP contribution is 2.34. The first-order valence-corrected chi connectivity index (χ1v) is 10.7. The van der Waals surface area contributed by atoms with Crippen LogP contribution >= 0.6 is 11.8 Å². The van der Waals surface area contributed by atoms with E-state index in [1.165, 1.54) is 0 Å². The van der Waals surface area contributed by atoms with E-state index < -0.39 is 0 Å². The van der Waals surface area contributed by atoms with Crippen molar-refractivity contribution in [3.63, 3.8) is 0 Å². The summed E-state index contributed by atoms with van der Waals surface area (Å²) in [7, 11) is 3.12. The van der Waals surface area contributed by atoms with Gasteiger partial charge in [0.05, 0.1) is 25.5 Å².